The molecule has 2 amide bonds. The van der Waals surface area contributed by atoms with E-state index in [1.54, 1.807) is 0 Å². The summed E-state index contributed by atoms with van der Waals surface area (Å²) in [4.78, 5) is 23.0. The average Bonchev–Trinajstić information content (AvgIpc) is 2.30. The third kappa shape index (κ3) is 6.91. The van der Waals surface area contributed by atoms with Crippen molar-refractivity contribution in [1.82, 2.24) is 16.1 Å². The molecule has 6 nitrogen and oxygen atoms in total. The van der Waals surface area contributed by atoms with E-state index in [0.29, 0.717) is 25.7 Å². The minimum Gasteiger partial charge on any atom is -0.353 e. The van der Waals surface area contributed by atoms with Gasteiger partial charge in [0.25, 0.3) is 0 Å². The Kier molecular flexibility index (Phi) is 6.16. The number of nitrogens with two attached hydrogens (primary N) is 1. The third-order valence-electron chi connectivity index (χ3n) is 3.77. The summed E-state index contributed by atoms with van der Waals surface area (Å²) in [6.07, 6.45) is 4.08. The van der Waals surface area contributed by atoms with Gasteiger partial charge in [-0.3, -0.25) is 15.0 Å². The zero-order valence-corrected chi connectivity index (χ0v) is 13.7. The Hall–Kier alpha value is -1.14. The van der Waals surface area contributed by atoms with Gasteiger partial charge < -0.3 is 10.6 Å². The second-order valence-electron chi connectivity index (χ2n) is 7.34. The smallest absolute Gasteiger partial charge is 0.233 e. The molecule has 122 valence electrons. The maximum absolute atomic E-state index is 12.0. The Morgan fingerprint density at radius 2 is 1.52 bits per heavy atom. The second-order valence-corrected chi connectivity index (χ2v) is 7.34. The van der Waals surface area contributed by atoms with Gasteiger partial charge in [0.2, 0.25) is 11.8 Å². The third-order valence-corrected chi connectivity index (χ3v) is 3.77. The van der Waals surface area contributed by atoms with E-state index >= 15 is 0 Å². The van der Waals surface area contributed by atoms with Crippen molar-refractivity contribution in [3.05, 3.63) is 0 Å². The first kappa shape index (κ1) is 17.9. The largest absolute Gasteiger partial charge is 0.353 e. The molecule has 0 aliphatic carbocycles. The van der Waals surface area contributed by atoms with E-state index in [1.807, 2.05) is 0 Å². The normalized spacial score (nSPS) is 20.8. The highest BCUT2D eigenvalue weighted by molar-refractivity contribution is 5.77. The summed E-state index contributed by atoms with van der Waals surface area (Å²) >= 11 is 0. The maximum atomic E-state index is 12.0. The van der Waals surface area contributed by atoms with Crippen LogP contribution in [-0.2, 0) is 9.59 Å². The molecule has 0 aromatic heterocycles. The lowest BCUT2D eigenvalue weighted by Crippen LogP contribution is -2.62. The number of hydrogen-bond donors (Lipinski definition) is 4. The number of hydrazine groups is 1. The minimum atomic E-state index is -0.183. The number of piperidine rings is 1. The van der Waals surface area contributed by atoms with Gasteiger partial charge >= 0.3 is 0 Å². The van der Waals surface area contributed by atoms with E-state index in [9.17, 15) is 9.59 Å². The Balaban J connectivity index is 2.32. The molecule has 21 heavy (non-hydrogen) atoms. The number of carbonyl (C=O) groups is 2. The fourth-order valence-corrected chi connectivity index (χ4v) is 3.37. The van der Waals surface area contributed by atoms with Gasteiger partial charge in [-0.05, 0) is 53.4 Å². The first-order chi connectivity index (χ1) is 9.63. The SMILES string of the molecule is CC1(C)CC(NC(=O)CCCCC(=O)NN)CC(C)(C)N1. The average molecular weight is 298 g/mol. The van der Waals surface area contributed by atoms with Crippen LogP contribution >= 0.6 is 0 Å². The van der Waals surface area contributed by atoms with Crippen LogP contribution in [0.2, 0.25) is 0 Å². The first-order valence-electron chi connectivity index (χ1n) is 7.72. The lowest BCUT2D eigenvalue weighted by molar-refractivity contribution is -0.123. The summed E-state index contributed by atoms with van der Waals surface area (Å²) < 4.78 is 0. The molecule has 1 rings (SSSR count). The zero-order chi connectivity index (χ0) is 16.1. The van der Waals surface area contributed by atoms with Crippen molar-refractivity contribution in [3.8, 4) is 0 Å². The van der Waals surface area contributed by atoms with Crippen LogP contribution in [0.1, 0.15) is 66.2 Å². The molecule has 0 aromatic rings. The van der Waals surface area contributed by atoms with Crippen molar-refractivity contribution in [2.75, 3.05) is 0 Å². The van der Waals surface area contributed by atoms with Crippen molar-refractivity contribution >= 4 is 11.8 Å². The minimum absolute atomic E-state index is 0.0267. The lowest BCUT2D eigenvalue weighted by Gasteiger charge is -2.46. The molecule has 0 unspecified atom stereocenters. The second kappa shape index (κ2) is 7.22. The highest BCUT2D eigenvalue weighted by atomic mass is 16.2. The Morgan fingerprint density at radius 3 is 2.00 bits per heavy atom. The number of rotatable bonds is 6. The predicted octanol–water partition coefficient (Wildman–Crippen LogP) is 0.962. The lowest BCUT2D eigenvalue weighted by atomic mass is 9.79. The van der Waals surface area contributed by atoms with Gasteiger partial charge in [-0.2, -0.15) is 0 Å². The van der Waals surface area contributed by atoms with Crippen LogP contribution in [0.25, 0.3) is 0 Å². The molecule has 0 saturated carbocycles. The van der Waals surface area contributed by atoms with Crippen LogP contribution in [0.15, 0.2) is 0 Å². The molecule has 1 fully saturated rings. The fraction of sp³-hybridized carbons (Fsp3) is 0.867. The molecule has 0 bridgehead atoms. The molecule has 1 heterocycles. The summed E-state index contributed by atoms with van der Waals surface area (Å²) in [6, 6.07) is 0.205. The summed E-state index contributed by atoms with van der Waals surface area (Å²) in [5.41, 5.74) is 2.14. The molecule has 1 aliphatic rings. The molecular formula is C15H30N4O2. The number of unbranched alkanes of at least 4 members (excludes halogenated alkanes) is 1. The molecule has 5 N–H and O–H groups in total. The molecule has 0 atom stereocenters. The summed E-state index contributed by atoms with van der Waals surface area (Å²) in [7, 11) is 0. The zero-order valence-electron chi connectivity index (χ0n) is 13.7. The molecule has 0 radical (unpaired) electrons. The Morgan fingerprint density at radius 1 is 1.05 bits per heavy atom. The van der Waals surface area contributed by atoms with Crippen molar-refractivity contribution in [2.24, 2.45) is 5.84 Å². The quantitative estimate of drug-likeness (QED) is 0.254. The monoisotopic (exact) mass is 298 g/mol. The summed E-state index contributed by atoms with van der Waals surface area (Å²) in [5, 5.41) is 6.73. The van der Waals surface area contributed by atoms with Gasteiger partial charge in [0, 0.05) is 30.0 Å². The van der Waals surface area contributed by atoms with Gasteiger partial charge in [-0.15, -0.1) is 0 Å². The standard InChI is InChI=1S/C15H30N4O2/c1-14(2)9-11(10-15(3,4)19-14)17-12(20)7-5-6-8-13(21)18-16/h11,19H,5-10,16H2,1-4H3,(H,17,20)(H,18,21). The highest BCUT2D eigenvalue weighted by Crippen LogP contribution is 2.28. The number of carbonyl (C=O) groups excluding carboxylic acids is 2. The van der Waals surface area contributed by atoms with Crippen LogP contribution in [0.4, 0.5) is 0 Å². The number of hydrogen-bond acceptors (Lipinski definition) is 4. The van der Waals surface area contributed by atoms with Crippen LogP contribution in [-0.4, -0.2) is 28.9 Å². The van der Waals surface area contributed by atoms with E-state index in [4.69, 9.17) is 5.84 Å². The van der Waals surface area contributed by atoms with E-state index in [2.05, 4.69) is 43.8 Å². The van der Waals surface area contributed by atoms with Crippen molar-refractivity contribution in [3.63, 3.8) is 0 Å². The van der Waals surface area contributed by atoms with Crippen molar-refractivity contribution in [1.29, 1.82) is 0 Å². The van der Waals surface area contributed by atoms with Gasteiger partial charge in [-0.25, -0.2) is 5.84 Å². The topological polar surface area (TPSA) is 96.2 Å². The first-order valence-corrected chi connectivity index (χ1v) is 7.72. The van der Waals surface area contributed by atoms with Crippen LogP contribution in [0.3, 0.4) is 0 Å². The molecule has 6 heteroatoms. The molecule has 1 aliphatic heterocycles. The van der Waals surface area contributed by atoms with Crippen LogP contribution in [0.5, 0.6) is 0 Å². The van der Waals surface area contributed by atoms with Crippen molar-refractivity contribution < 1.29 is 9.59 Å². The number of amides is 2. The van der Waals surface area contributed by atoms with E-state index in [-0.39, 0.29) is 28.9 Å². The fourth-order valence-electron chi connectivity index (χ4n) is 3.37. The van der Waals surface area contributed by atoms with Crippen LogP contribution < -0.4 is 21.9 Å². The molecule has 0 aromatic carbocycles. The molecule has 1 saturated heterocycles. The maximum Gasteiger partial charge on any atom is 0.233 e. The van der Waals surface area contributed by atoms with E-state index in [1.165, 1.54) is 0 Å². The predicted molar refractivity (Wildman–Crippen MR) is 83.3 cm³/mol. The van der Waals surface area contributed by atoms with E-state index in [0.717, 1.165) is 12.8 Å². The van der Waals surface area contributed by atoms with Crippen LogP contribution in [0, 0.1) is 0 Å². The highest BCUT2D eigenvalue weighted by Gasteiger charge is 2.37. The van der Waals surface area contributed by atoms with Gasteiger partial charge in [0.15, 0.2) is 0 Å². The Bertz CT molecular complexity index is 364. The number of nitrogens with one attached hydrogen (secondary N) is 3. The summed E-state index contributed by atoms with van der Waals surface area (Å²) in [6.45, 7) is 8.66. The molecular weight excluding hydrogens is 268 g/mol. The summed E-state index contributed by atoms with van der Waals surface area (Å²) in [5.74, 6) is 4.89. The van der Waals surface area contributed by atoms with Gasteiger partial charge in [0.1, 0.15) is 0 Å². The van der Waals surface area contributed by atoms with E-state index < -0.39 is 0 Å². The van der Waals surface area contributed by atoms with Crippen molar-refractivity contribution in [2.45, 2.75) is 83.3 Å². The van der Waals surface area contributed by atoms with Gasteiger partial charge in [-0.1, -0.05) is 0 Å². The van der Waals surface area contributed by atoms with Gasteiger partial charge in [0.05, 0.1) is 0 Å². The Labute approximate surface area is 127 Å². The molecule has 0 spiro atoms.